The number of nitrogens with one attached hydrogen (secondary N) is 1. The number of rotatable bonds is 4. The first-order valence-electron chi connectivity index (χ1n) is 5.86. The minimum absolute atomic E-state index is 0.0562. The Kier molecular flexibility index (Phi) is 3.37. The molecule has 2 rings (SSSR count). The zero-order valence-electron chi connectivity index (χ0n) is 10.2. The number of nitro benzene ring substituents is 1. The molecule has 1 fully saturated rings. The average Bonchev–Trinajstić information content (AvgIpc) is 2.28. The number of hydrogen-bond acceptors (Lipinski definition) is 4. The fraction of sp³-hybridized carbons (Fsp3) is 0.417. The van der Waals surface area contributed by atoms with Gasteiger partial charge in [0.15, 0.2) is 0 Å². The Morgan fingerprint density at radius 2 is 2.16 bits per heavy atom. The smallest absolute Gasteiger partial charge is 0.338 e. The van der Waals surface area contributed by atoms with Gasteiger partial charge in [-0.15, -0.1) is 0 Å². The lowest BCUT2D eigenvalue weighted by molar-refractivity contribution is -0.384. The SMILES string of the molecule is CC1CC(Nc2cc(C(=O)O)c(F)cc2[N+](=O)[O-])C1. The number of nitrogens with zero attached hydrogens (tertiary/aromatic N) is 1. The Hall–Kier alpha value is -2.18. The van der Waals surface area contributed by atoms with E-state index < -0.39 is 28.0 Å². The number of carboxylic acid groups (broad SMARTS) is 1. The third kappa shape index (κ3) is 2.64. The van der Waals surface area contributed by atoms with Crippen molar-refractivity contribution in [1.29, 1.82) is 0 Å². The quantitative estimate of drug-likeness (QED) is 0.646. The topological polar surface area (TPSA) is 92.5 Å². The monoisotopic (exact) mass is 268 g/mol. The average molecular weight is 268 g/mol. The van der Waals surface area contributed by atoms with E-state index in [2.05, 4.69) is 12.2 Å². The highest BCUT2D eigenvalue weighted by Crippen LogP contribution is 2.34. The highest BCUT2D eigenvalue weighted by atomic mass is 19.1. The first-order valence-corrected chi connectivity index (χ1v) is 5.86. The van der Waals surface area contributed by atoms with Crippen LogP contribution in [0.3, 0.4) is 0 Å². The Morgan fingerprint density at radius 1 is 1.53 bits per heavy atom. The third-order valence-electron chi connectivity index (χ3n) is 3.25. The van der Waals surface area contributed by atoms with Gasteiger partial charge in [0.25, 0.3) is 5.69 Å². The van der Waals surface area contributed by atoms with E-state index in [9.17, 15) is 19.3 Å². The van der Waals surface area contributed by atoms with Crippen molar-refractivity contribution in [3.05, 3.63) is 33.6 Å². The van der Waals surface area contributed by atoms with Gasteiger partial charge in [-0.1, -0.05) is 6.92 Å². The van der Waals surface area contributed by atoms with E-state index in [0.29, 0.717) is 12.0 Å². The normalized spacial score (nSPS) is 21.6. The molecule has 102 valence electrons. The van der Waals surface area contributed by atoms with E-state index in [-0.39, 0.29) is 11.7 Å². The Labute approximate surface area is 108 Å². The van der Waals surface area contributed by atoms with Gasteiger partial charge >= 0.3 is 5.97 Å². The summed E-state index contributed by atoms with van der Waals surface area (Å²) in [5.74, 6) is -2.01. The maximum absolute atomic E-state index is 13.4. The first kappa shape index (κ1) is 13.3. The summed E-state index contributed by atoms with van der Waals surface area (Å²) in [6, 6.07) is 1.70. The zero-order chi connectivity index (χ0) is 14.2. The molecule has 0 amide bonds. The molecule has 19 heavy (non-hydrogen) atoms. The van der Waals surface area contributed by atoms with Crippen LogP contribution in [0.25, 0.3) is 0 Å². The highest BCUT2D eigenvalue weighted by molar-refractivity contribution is 5.90. The zero-order valence-corrected chi connectivity index (χ0v) is 10.2. The van der Waals surface area contributed by atoms with Crippen molar-refractivity contribution in [1.82, 2.24) is 0 Å². The first-order chi connectivity index (χ1) is 8.88. The van der Waals surface area contributed by atoms with E-state index in [1.807, 2.05) is 0 Å². The molecule has 0 saturated heterocycles. The minimum Gasteiger partial charge on any atom is -0.478 e. The number of nitro groups is 1. The van der Waals surface area contributed by atoms with Crippen LogP contribution in [0.1, 0.15) is 30.1 Å². The number of hydrogen-bond donors (Lipinski definition) is 2. The molecule has 0 unspecified atom stereocenters. The molecule has 6 nitrogen and oxygen atoms in total. The third-order valence-corrected chi connectivity index (χ3v) is 3.25. The van der Waals surface area contributed by atoms with E-state index in [4.69, 9.17) is 5.11 Å². The molecule has 2 N–H and O–H groups in total. The fourth-order valence-electron chi connectivity index (χ4n) is 2.23. The van der Waals surface area contributed by atoms with Crippen LogP contribution >= 0.6 is 0 Å². The molecule has 1 saturated carbocycles. The van der Waals surface area contributed by atoms with Crippen LogP contribution in [0.2, 0.25) is 0 Å². The van der Waals surface area contributed by atoms with Gasteiger partial charge in [-0.3, -0.25) is 10.1 Å². The summed E-state index contributed by atoms with van der Waals surface area (Å²) in [5, 5.41) is 22.6. The van der Waals surface area contributed by atoms with Crippen molar-refractivity contribution in [2.24, 2.45) is 5.92 Å². The Balaban J connectivity index is 2.35. The number of anilines is 1. The molecule has 1 aliphatic carbocycles. The highest BCUT2D eigenvalue weighted by Gasteiger charge is 2.29. The van der Waals surface area contributed by atoms with Crippen LogP contribution in [0.5, 0.6) is 0 Å². The number of carbonyl (C=O) groups is 1. The molecule has 0 aromatic heterocycles. The fourth-order valence-corrected chi connectivity index (χ4v) is 2.23. The number of benzene rings is 1. The summed E-state index contributed by atoms with van der Waals surface area (Å²) in [6.07, 6.45) is 1.72. The van der Waals surface area contributed by atoms with Crippen molar-refractivity contribution < 1.29 is 19.2 Å². The lowest BCUT2D eigenvalue weighted by Gasteiger charge is -2.33. The second-order valence-corrected chi connectivity index (χ2v) is 4.83. The molecule has 1 aromatic rings. The maximum atomic E-state index is 13.4. The molecule has 0 heterocycles. The van der Waals surface area contributed by atoms with Crippen molar-refractivity contribution in [3.8, 4) is 0 Å². The second-order valence-electron chi connectivity index (χ2n) is 4.83. The van der Waals surface area contributed by atoms with Crippen molar-refractivity contribution in [3.63, 3.8) is 0 Å². The Bertz CT molecular complexity index is 541. The number of carboxylic acids is 1. The summed E-state index contributed by atoms with van der Waals surface area (Å²) in [5.41, 5.74) is -0.955. The molecule has 7 heteroatoms. The van der Waals surface area contributed by atoms with Gasteiger partial charge in [-0.05, 0) is 24.8 Å². The largest absolute Gasteiger partial charge is 0.478 e. The van der Waals surface area contributed by atoms with E-state index >= 15 is 0 Å². The summed E-state index contributed by atoms with van der Waals surface area (Å²) in [6.45, 7) is 2.06. The predicted molar refractivity (Wildman–Crippen MR) is 65.8 cm³/mol. The van der Waals surface area contributed by atoms with E-state index in [1.165, 1.54) is 0 Å². The van der Waals surface area contributed by atoms with Crippen molar-refractivity contribution >= 4 is 17.3 Å². The van der Waals surface area contributed by atoms with E-state index in [1.54, 1.807) is 0 Å². The van der Waals surface area contributed by atoms with Crippen LogP contribution in [-0.4, -0.2) is 22.0 Å². The molecule has 1 aliphatic rings. The Morgan fingerprint density at radius 3 is 2.63 bits per heavy atom. The molecular weight excluding hydrogens is 255 g/mol. The summed E-state index contributed by atoms with van der Waals surface area (Å²) in [4.78, 5) is 21.0. The molecular formula is C12H13FN2O4. The molecule has 0 atom stereocenters. The maximum Gasteiger partial charge on any atom is 0.338 e. The van der Waals surface area contributed by atoms with Gasteiger partial charge in [-0.25, -0.2) is 9.18 Å². The molecule has 1 aromatic carbocycles. The van der Waals surface area contributed by atoms with Crippen LogP contribution in [0, 0.1) is 21.8 Å². The van der Waals surface area contributed by atoms with Crippen molar-refractivity contribution in [2.75, 3.05) is 5.32 Å². The van der Waals surface area contributed by atoms with Gasteiger partial charge in [0.05, 0.1) is 16.6 Å². The number of halogens is 1. The summed E-state index contributed by atoms with van der Waals surface area (Å²) >= 11 is 0. The van der Waals surface area contributed by atoms with Crippen LogP contribution in [-0.2, 0) is 0 Å². The van der Waals surface area contributed by atoms with E-state index in [0.717, 1.165) is 18.9 Å². The van der Waals surface area contributed by atoms with Crippen LogP contribution in [0.15, 0.2) is 12.1 Å². The minimum atomic E-state index is -1.45. The molecule has 0 spiro atoms. The van der Waals surface area contributed by atoms with Gasteiger partial charge in [-0.2, -0.15) is 0 Å². The second kappa shape index (κ2) is 4.83. The summed E-state index contributed by atoms with van der Waals surface area (Å²) in [7, 11) is 0. The van der Waals surface area contributed by atoms with Gasteiger partial charge < -0.3 is 10.4 Å². The van der Waals surface area contributed by atoms with Gasteiger partial charge in [0, 0.05) is 6.04 Å². The molecule has 0 radical (unpaired) electrons. The summed E-state index contributed by atoms with van der Waals surface area (Å²) < 4.78 is 13.4. The molecule has 0 aliphatic heterocycles. The number of aromatic carboxylic acids is 1. The molecule has 0 bridgehead atoms. The van der Waals surface area contributed by atoms with Crippen LogP contribution < -0.4 is 5.32 Å². The van der Waals surface area contributed by atoms with Gasteiger partial charge in [0.2, 0.25) is 0 Å². The van der Waals surface area contributed by atoms with Crippen LogP contribution in [0.4, 0.5) is 15.8 Å². The lowest BCUT2D eigenvalue weighted by Crippen LogP contribution is -2.34. The van der Waals surface area contributed by atoms with Crippen molar-refractivity contribution in [2.45, 2.75) is 25.8 Å². The van der Waals surface area contributed by atoms with Gasteiger partial charge in [0.1, 0.15) is 11.5 Å². The predicted octanol–water partition coefficient (Wildman–Crippen LogP) is 2.64. The standard InChI is InChI=1S/C12H13FN2O4/c1-6-2-7(3-6)14-10-4-8(12(16)17)9(13)5-11(10)15(18)19/h4-7,14H,2-3H2,1H3,(H,16,17). The lowest BCUT2D eigenvalue weighted by atomic mass is 9.82.